The largest absolute Gasteiger partial charge is 0.358 e. The molecule has 2 atom stereocenters. The zero-order valence-corrected chi connectivity index (χ0v) is 14.6. The van der Waals surface area contributed by atoms with Crippen LogP contribution in [0.3, 0.4) is 0 Å². The maximum atomic E-state index is 12.6. The molecule has 2 N–H and O–H groups in total. The predicted molar refractivity (Wildman–Crippen MR) is 102 cm³/mol. The number of amides is 2. The van der Waals surface area contributed by atoms with E-state index in [1.165, 1.54) is 5.56 Å². The van der Waals surface area contributed by atoms with Gasteiger partial charge in [-0.2, -0.15) is 0 Å². The first-order chi connectivity index (χ1) is 12.7. The predicted octanol–water partition coefficient (Wildman–Crippen LogP) is 3.13. The van der Waals surface area contributed by atoms with Gasteiger partial charge < -0.3 is 15.2 Å². The fraction of sp³-hybridized carbons (Fsp3) is 0.238. The van der Waals surface area contributed by atoms with Gasteiger partial charge in [0, 0.05) is 24.8 Å². The standard InChI is InChI=1S/C21H21N3O2/c1-22-20(25)13-24-10-9-15-7-8-16(11-19(15)24)23-21(26)18-12-17(18)14-5-3-2-4-6-14/h2-11,17-18H,12-13H2,1H3,(H,22,25)(H,23,26). The maximum Gasteiger partial charge on any atom is 0.239 e. The second kappa shape index (κ2) is 6.67. The third-order valence-electron chi connectivity index (χ3n) is 4.99. The lowest BCUT2D eigenvalue weighted by Crippen LogP contribution is -2.23. The molecule has 0 radical (unpaired) electrons. The molecule has 2 amide bonds. The highest BCUT2D eigenvalue weighted by molar-refractivity contribution is 5.97. The number of rotatable bonds is 5. The fourth-order valence-corrected chi connectivity index (χ4v) is 3.42. The van der Waals surface area contributed by atoms with Crippen molar-refractivity contribution in [1.82, 2.24) is 9.88 Å². The monoisotopic (exact) mass is 347 g/mol. The molecular formula is C21H21N3O2. The molecule has 1 aliphatic rings. The Hall–Kier alpha value is -3.08. The first-order valence-electron chi connectivity index (χ1n) is 8.81. The smallest absolute Gasteiger partial charge is 0.239 e. The number of anilines is 1. The molecule has 2 aromatic carbocycles. The summed E-state index contributed by atoms with van der Waals surface area (Å²) < 4.78 is 1.88. The Labute approximate surface area is 152 Å². The summed E-state index contributed by atoms with van der Waals surface area (Å²) >= 11 is 0. The van der Waals surface area contributed by atoms with Crippen molar-refractivity contribution in [2.45, 2.75) is 18.9 Å². The van der Waals surface area contributed by atoms with Crippen molar-refractivity contribution in [1.29, 1.82) is 0 Å². The molecule has 3 aromatic rings. The minimum absolute atomic E-state index is 0.0331. The van der Waals surface area contributed by atoms with Crippen molar-refractivity contribution in [3.63, 3.8) is 0 Å². The fourth-order valence-electron chi connectivity index (χ4n) is 3.42. The Morgan fingerprint density at radius 3 is 2.69 bits per heavy atom. The van der Waals surface area contributed by atoms with Gasteiger partial charge in [-0.3, -0.25) is 9.59 Å². The number of carbonyl (C=O) groups is 2. The molecule has 5 nitrogen and oxygen atoms in total. The lowest BCUT2D eigenvalue weighted by atomic mass is 10.1. The summed E-state index contributed by atoms with van der Waals surface area (Å²) in [6.45, 7) is 0.260. The van der Waals surface area contributed by atoms with E-state index in [0.717, 1.165) is 23.0 Å². The van der Waals surface area contributed by atoms with Gasteiger partial charge >= 0.3 is 0 Å². The van der Waals surface area contributed by atoms with Crippen LogP contribution in [0.5, 0.6) is 0 Å². The molecular weight excluding hydrogens is 326 g/mol. The molecule has 1 aliphatic carbocycles. The maximum absolute atomic E-state index is 12.6. The summed E-state index contributed by atoms with van der Waals surface area (Å²) in [5.74, 6) is 0.353. The first-order valence-corrected chi connectivity index (χ1v) is 8.81. The zero-order valence-electron chi connectivity index (χ0n) is 14.6. The molecule has 132 valence electrons. The third-order valence-corrected chi connectivity index (χ3v) is 4.99. The van der Waals surface area contributed by atoms with Gasteiger partial charge in [-0.15, -0.1) is 0 Å². The highest BCUT2D eigenvalue weighted by Crippen LogP contribution is 2.47. The number of nitrogens with zero attached hydrogens (tertiary/aromatic N) is 1. The van der Waals surface area contributed by atoms with Crippen molar-refractivity contribution < 1.29 is 9.59 Å². The van der Waals surface area contributed by atoms with Crippen molar-refractivity contribution in [2.24, 2.45) is 5.92 Å². The van der Waals surface area contributed by atoms with Gasteiger partial charge in [0.25, 0.3) is 0 Å². The van der Waals surface area contributed by atoms with Gasteiger partial charge in [0.1, 0.15) is 6.54 Å². The summed E-state index contributed by atoms with van der Waals surface area (Å²) in [4.78, 5) is 24.2. The van der Waals surface area contributed by atoms with E-state index in [4.69, 9.17) is 0 Å². The molecule has 26 heavy (non-hydrogen) atoms. The van der Waals surface area contributed by atoms with Crippen LogP contribution in [0.2, 0.25) is 0 Å². The van der Waals surface area contributed by atoms with Gasteiger partial charge in [0.15, 0.2) is 0 Å². The molecule has 0 bridgehead atoms. The zero-order chi connectivity index (χ0) is 18.1. The van der Waals surface area contributed by atoms with Crippen LogP contribution < -0.4 is 10.6 Å². The van der Waals surface area contributed by atoms with E-state index < -0.39 is 0 Å². The molecule has 0 saturated heterocycles. The van der Waals surface area contributed by atoms with Crippen LogP contribution in [0.15, 0.2) is 60.8 Å². The van der Waals surface area contributed by atoms with E-state index in [1.807, 2.05) is 53.2 Å². The molecule has 4 rings (SSSR count). The number of hydrogen-bond donors (Lipinski definition) is 2. The van der Waals surface area contributed by atoms with E-state index in [9.17, 15) is 9.59 Å². The molecule has 1 saturated carbocycles. The van der Waals surface area contributed by atoms with Gasteiger partial charge in [-0.25, -0.2) is 0 Å². The number of nitrogens with one attached hydrogen (secondary N) is 2. The number of hydrogen-bond acceptors (Lipinski definition) is 2. The highest BCUT2D eigenvalue weighted by atomic mass is 16.2. The van der Waals surface area contributed by atoms with E-state index in [0.29, 0.717) is 5.92 Å². The number of likely N-dealkylation sites (N-methyl/N-ethyl adjacent to an activating group) is 1. The van der Waals surface area contributed by atoms with Gasteiger partial charge in [0.05, 0.1) is 5.52 Å². The number of benzene rings is 2. The average Bonchev–Trinajstić information content (AvgIpc) is 3.39. The number of carbonyl (C=O) groups excluding carboxylic acids is 2. The average molecular weight is 347 g/mol. The molecule has 5 heteroatoms. The Bertz CT molecular complexity index is 962. The SMILES string of the molecule is CNC(=O)Cn1ccc2ccc(NC(=O)C3CC3c3ccccc3)cc21. The van der Waals surface area contributed by atoms with Crippen LogP contribution in [-0.2, 0) is 16.1 Å². The van der Waals surface area contributed by atoms with E-state index in [1.54, 1.807) is 7.05 Å². The lowest BCUT2D eigenvalue weighted by molar-refractivity contribution is -0.121. The van der Waals surface area contributed by atoms with Crippen molar-refractivity contribution in [3.05, 3.63) is 66.4 Å². The summed E-state index contributed by atoms with van der Waals surface area (Å²) in [7, 11) is 1.62. The molecule has 0 spiro atoms. The topological polar surface area (TPSA) is 63.1 Å². The second-order valence-corrected chi connectivity index (χ2v) is 6.74. The van der Waals surface area contributed by atoms with Crippen LogP contribution in [-0.4, -0.2) is 23.4 Å². The van der Waals surface area contributed by atoms with Crippen LogP contribution in [0.25, 0.3) is 10.9 Å². The molecule has 1 fully saturated rings. The van der Waals surface area contributed by atoms with Gasteiger partial charge in [-0.05, 0) is 41.5 Å². The quantitative estimate of drug-likeness (QED) is 0.745. The van der Waals surface area contributed by atoms with Crippen molar-refractivity contribution in [2.75, 3.05) is 12.4 Å². The lowest BCUT2D eigenvalue weighted by Gasteiger charge is -2.08. The number of aromatic nitrogens is 1. The van der Waals surface area contributed by atoms with Crippen LogP contribution in [0.4, 0.5) is 5.69 Å². The van der Waals surface area contributed by atoms with Crippen LogP contribution in [0, 0.1) is 5.92 Å². The summed E-state index contributed by atoms with van der Waals surface area (Å²) in [5, 5.41) is 6.70. The van der Waals surface area contributed by atoms with E-state index >= 15 is 0 Å². The molecule has 1 heterocycles. The summed E-state index contributed by atoms with van der Waals surface area (Å²) in [6, 6.07) is 17.9. The van der Waals surface area contributed by atoms with E-state index in [-0.39, 0.29) is 24.3 Å². The number of fused-ring (bicyclic) bond motifs is 1. The summed E-state index contributed by atoms with van der Waals surface area (Å²) in [5.41, 5.74) is 2.92. The van der Waals surface area contributed by atoms with Crippen LogP contribution in [0.1, 0.15) is 17.9 Å². The summed E-state index contributed by atoms with van der Waals surface area (Å²) in [6.07, 6.45) is 2.78. The van der Waals surface area contributed by atoms with Crippen molar-refractivity contribution >= 4 is 28.4 Å². The Balaban J connectivity index is 1.48. The van der Waals surface area contributed by atoms with E-state index in [2.05, 4.69) is 22.8 Å². The minimum Gasteiger partial charge on any atom is -0.358 e. The first kappa shape index (κ1) is 16.4. The normalized spacial score (nSPS) is 18.5. The Kier molecular flexibility index (Phi) is 4.21. The van der Waals surface area contributed by atoms with Gasteiger partial charge in [0.2, 0.25) is 11.8 Å². The van der Waals surface area contributed by atoms with Crippen LogP contribution >= 0.6 is 0 Å². The highest BCUT2D eigenvalue weighted by Gasteiger charge is 2.43. The molecule has 2 unspecified atom stereocenters. The third kappa shape index (κ3) is 3.20. The Morgan fingerprint density at radius 1 is 1.12 bits per heavy atom. The van der Waals surface area contributed by atoms with Crippen molar-refractivity contribution in [3.8, 4) is 0 Å². The molecule has 0 aliphatic heterocycles. The Morgan fingerprint density at radius 2 is 1.92 bits per heavy atom. The minimum atomic E-state index is -0.0550. The van der Waals surface area contributed by atoms with Gasteiger partial charge in [-0.1, -0.05) is 36.4 Å². The molecule has 1 aromatic heterocycles. The second-order valence-electron chi connectivity index (χ2n) is 6.74.